The first kappa shape index (κ1) is 11.9. The van der Waals surface area contributed by atoms with Gasteiger partial charge in [0.15, 0.2) is 0 Å². The Balaban J connectivity index is 2.01. The third kappa shape index (κ3) is 1.70. The number of hydrogen-bond donors (Lipinski definition) is 0. The summed E-state index contributed by atoms with van der Waals surface area (Å²) in [6.45, 7) is 11.2. The Kier molecular flexibility index (Phi) is 2.58. The van der Waals surface area contributed by atoms with Crippen LogP contribution >= 0.6 is 0 Å². The number of nitrogens with zero attached hydrogens (tertiary/aromatic N) is 1. The van der Waals surface area contributed by atoms with Crippen molar-refractivity contribution in [2.75, 3.05) is 18.1 Å². The molecule has 1 unspecified atom stereocenters. The summed E-state index contributed by atoms with van der Waals surface area (Å²) in [5.74, 6) is 1.64. The molecule has 2 nitrogen and oxygen atoms in total. The third-order valence-electron chi connectivity index (χ3n) is 4.63. The van der Waals surface area contributed by atoms with Gasteiger partial charge in [-0.15, -0.1) is 0 Å². The van der Waals surface area contributed by atoms with Crippen molar-refractivity contribution in [3.05, 3.63) is 23.8 Å². The minimum Gasteiger partial charge on any atom is -0.489 e. The molecule has 0 N–H and O–H groups in total. The van der Waals surface area contributed by atoms with Crippen LogP contribution in [0.4, 0.5) is 5.69 Å². The van der Waals surface area contributed by atoms with Gasteiger partial charge in [0.2, 0.25) is 0 Å². The Bertz CT molecular complexity index is 464. The molecule has 1 saturated heterocycles. The average Bonchev–Trinajstić information content (AvgIpc) is 2.65. The normalized spacial score (nSPS) is 24.7. The zero-order valence-electron chi connectivity index (χ0n) is 11.9. The summed E-state index contributed by atoms with van der Waals surface area (Å²) in [5.41, 5.74) is 3.08. The number of ether oxygens (including phenoxy) is 1. The van der Waals surface area contributed by atoms with Crippen molar-refractivity contribution in [3.63, 3.8) is 0 Å². The minimum absolute atomic E-state index is 0.367. The molecule has 3 rings (SSSR count). The molecule has 1 aromatic carbocycles. The zero-order valence-corrected chi connectivity index (χ0v) is 11.9. The number of anilines is 1. The lowest BCUT2D eigenvalue weighted by Crippen LogP contribution is -2.44. The summed E-state index contributed by atoms with van der Waals surface area (Å²) in [5, 5.41) is 0. The van der Waals surface area contributed by atoms with E-state index in [-0.39, 0.29) is 0 Å². The van der Waals surface area contributed by atoms with Crippen LogP contribution < -0.4 is 9.64 Å². The van der Waals surface area contributed by atoms with Crippen molar-refractivity contribution >= 4 is 5.69 Å². The van der Waals surface area contributed by atoms with Crippen LogP contribution in [0.2, 0.25) is 0 Å². The van der Waals surface area contributed by atoms with Gasteiger partial charge in [0.05, 0.1) is 11.7 Å². The van der Waals surface area contributed by atoms with Gasteiger partial charge in [0.25, 0.3) is 0 Å². The van der Waals surface area contributed by atoms with Crippen molar-refractivity contribution in [1.29, 1.82) is 0 Å². The molecule has 0 aliphatic carbocycles. The van der Waals surface area contributed by atoms with Crippen LogP contribution in [0, 0.1) is 5.41 Å². The van der Waals surface area contributed by atoms with E-state index < -0.39 is 0 Å². The molecule has 2 heterocycles. The molecule has 0 amide bonds. The minimum atomic E-state index is 0.367. The van der Waals surface area contributed by atoms with Gasteiger partial charge in [-0.2, -0.15) is 0 Å². The summed E-state index contributed by atoms with van der Waals surface area (Å²) in [4.78, 5) is 2.56. The molecule has 1 atom stereocenters. The van der Waals surface area contributed by atoms with E-state index in [9.17, 15) is 0 Å². The van der Waals surface area contributed by atoms with E-state index in [1.807, 2.05) is 0 Å². The summed E-state index contributed by atoms with van der Waals surface area (Å²) in [6, 6.07) is 7.21. The lowest BCUT2D eigenvalue weighted by molar-refractivity contribution is 0.201. The average molecular weight is 245 g/mol. The van der Waals surface area contributed by atoms with E-state index in [0.717, 1.165) is 18.9 Å². The highest BCUT2D eigenvalue weighted by Crippen LogP contribution is 2.46. The molecule has 2 heteroatoms. The molecule has 0 radical (unpaired) electrons. The van der Waals surface area contributed by atoms with Gasteiger partial charge < -0.3 is 9.64 Å². The summed E-state index contributed by atoms with van der Waals surface area (Å²) >= 11 is 0. The Morgan fingerprint density at radius 1 is 1.33 bits per heavy atom. The van der Waals surface area contributed by atoms with E-state index >= 15 is 0 Å². The second kappa shape index (κ2) is 3.91. The van der Waals surface area contributed by atoms with Crippen LogP contribution in [-0.4, -0.2) is 19.2 Å². The maximum Gasteiger partial charge on any atom is 0.142 e. The van der Waals surface area contributed by atoms with Crippen LogP contribution in [0.3, 0.4) is 0 Å². The molecular weight excluding hydrogens is 222 g/mol. The Hall–Kier alpha value is -1.18. The fourth-order valence-electron chi connectivity index (χ4n) is 3.17. The first-order valence-electron chi connectivity index (χ1n) is 7.02. The van der Waals surface area contributed by atoms with Gasteiger partial charge in [0.1, 0.15) is 12.4 Å². The SMILES string of the molecule is CC(C)c1ccc2c(c1)N1CCC(C)(C)C1CO2. The quantitative estimate of drug-likeness (QED) is 0.746. The fourth-order valence-corrected chi connectivity index (χ4v) is 3.17. The monoisotopic (exact) mass is 245 g/mol. The molecular formula is C16H23NO. The zero-order chi connectivity index (χ0) is 12.9. The predicted octanol–water partition coefficient (Wildman–Crippen LogP) is 3.81. The van der Waals surface area contributed by atoms with Crippen LogP contribution in [0.15, 0.2) is 18.2 Å². The molecule has 0 aromatic heterocycles. The summed E-state index contributed by atoms with van der Waals surface area (Å²) in [7, 11) is 0. The van der Waals surface area contributed by atoms with Crippen LogP contribution in [0.1, 0.15) is 45.6 Å². The second-order valence-electron chi connectivity index (χ2n) is 6.64. The third-order valence-corrected chi connectivity index (χ3v) is 4.63. The van der Waals surface area contributed by atoms with E-state index in [1.165, 1.54) is 17.7 Å². The first-order chi connectivity index (χ1) is 8.49. The van der Waals surface area contributed by atoms with Crippen molar-refractivity contribution in [2.24, 2.45) is 5.41 Å². The number of hydrogen-bond acceptors (Lipinski definition) is 2. The standard InChI is InChI=1S/C16H23NO/c1-11(2)12-5-6-14-13(9-12)17-8-7-16(3,4)15(17)10-18-14/h5-6,9,11,15H,7-8,10H2,1-4H3. The highest BCUT2D eigenvalue weighted by Gasteiger charge is 2.43. The molecule has 2 aliphatic heterocycles. The van der Waals surface area contributed by atoms with Gasteiger partial charge in [-0.05, 0) is 35.4 Å². The van der Waals surface area contributed by atoms with E-state index in [1.54, 1.807) is 0 Å². The van der Waals surface area contributed by atoms with Crippen molar-refractivity contribution in [2.45, 2.75) is 46.1 Å². The highest BCUT2D eigenvalue weighted by atomic mass is 16.5. The predicted molar refractivity (Wildman–Crippen MR) is 75.6 cm³/mol. The maximum absolute atomic E-state index is 5.97. The maximum atomic E-state index is 5.97. The summed E-state index contributed by atoms with van der Waals surface area (Å²) < 4.78 is 5.97. The van der Waals surface area contributed by atoms with Crippen molar-refractivity contribution in [3.8, 4) is 5.75 Å². The van der Waals surface area contributed by atoms with E-state index in [2.05, 4.69) is 50.8 Å². The molecule has 18 heavy (non-hydrogen) atoms. The van der Waals surface area contributed by atoms with Gasteiger partial charge in [-0.1, -0.05) is 33.8 Å². The Morgan fingerprint density at radius 3 is 2.83 bits per heavy atom. The lowest BCUT2D eigenvalue weighted by Gasteiger charge is -2.39. The van der Waals surface area contributed by atoms with Crippen LogP contribution in [0.25, 0.3) is 0 Å². The lowest BCUT2D eigenvalue weighted by atomic mass is 9.84. The van der Waals surface area contributed by atoms with E-state index in [0.29, 0.717) is 17.4 Å². The van der Waals surface area contributed by atoms with Crippen LogP contribution in [0.5, 0.6) is 5.75 Å². The largest absolute Gasteiger partial charge is 0.489 e. The smallest absolute Gasteiger partial charge is 0.142 e. The van der Waals surface area contributed by atoms with Crippen molar-refractivity contribution in [1.82, 2.24) is 0 Å². The molecule has 0 spiro atoms. The van der Waals surface area contributed by atoms with Gasteiger partial charge in [-0.3, -0.25) is 0 Å². The van der Waals surface area contributed by atoms with Gasteiger partial charge >= 0.3 is 0 Å². The first-order valence-corrected chi connectivity index (χ1v) is 7.02. The van der Waals surface area contributed by atoms with Crippen molar-refractivity contribution < 1.29 is 4.74 Å². The van der Waals surface area contributed by atoms with Gasteiger partial charge in [0, 0.05) is 6.54 Å². The number of rotatable bonds is 1. The highest BCUT2D eigenvalue weighted by molar-refractivity contribution is 5.63. The van der Waals surface area contributed by atoms with Crippen LogP contribution in [-0.2, 0) is 0 Å². The topological polar surface area (TPSA) is 12.5 Å². The second-order valence-corrected chi connectivity index (χ2v) is 6.64. The molecule has 0 saturated carbocycles. The summed E-state index contributed by atoms with van der Waals surface area (Å²) in [6.07, 6.45) is 1.26. The Labute approximate surface area is 110 Å². The molecule has 98 valence electrons. The Morgan fingerprint density at radius 2 is 2.11 bits per heavy atom. The number of fused-ring (bicyclic) bond motifs is 3. The molecule has 1 fully saturated rings. The molecule has 1 aromatic rings. The number of benzene rings is 1. The fraction of sp³-hybridized carbons (Fsp3) is 0.625. The van der Waals surface area contributed by atoms with Gasteiger partial charge in [-0.25, -0.2) is 0 Å². The molecule has 2 aliphatic rings. The molecule has 0 bridgehead atoms. The van der Waals surface area contributed by atoms with E-state index in [4.69, 9.17) is 4.74 Å².